The number of rotatable bonds is 3. The van der Waals surface area contributed by atoms with E-state index in [0.717, 1.165) is 37.3 Å². The maximum Gasteiger partial charge on any atom is 0.258 e. The van der Waals surface area contributed by atoms with Crippen LogP contribution in [-0.2, 0) is 7.05 Å². The first kappa shape index (κ1) is 16.0. The summed E-state index contributed by atoms with van der Waals surface area (Å²) in [4.78, 5) is 17.0. The summed E-state index contributed by atoms with van der Waals surface area (Å²) in [6, 6.07) is 5.20. The van der Waals surface area contributed by atoms with Crippen molar-refractivity contribution in [1.29, 1.82) is 0 Å². The molecule has 1 aromatic carbocycles. The molecule has 2 heterocycles. The van der Waals surface area contributed by atoms with Crippen LogP contribution in [0.4, 0.5) is 5.95 Å². The number of amides is 1. The Kier molecular flexibility index (Phi) is 4.63. The molecule has 122 valence electrons. The number of hydrogen-bond donors (Lipinski definition) is 2. The summed E-state index contributed by atoms with van der Waals surface area (Å²) in [5.41, 5.74) is 1.41. The minimum absolute atomic E-state index is 0.202. The van der Waals surface area contributed by atoms with E-state index in [1.807, 2.05) is 6.92 Å². The zero-order chi connectivity index (χ0) is 16.4. The second kappa shape index (κ2) is 6.68. The van der Waals surface area contributed by atoms with Crippen molar-refractivity contribution in [3.63, 3.8) is 0 Å². The van der Waals surface area contributed by atoms with Crippen molar-refractivity contribution in [3.05, 3.63) is 40.2 Å². The summed E-state index contributed by atoms with van der Waals surface area (Å²) < 4.78 is 1.63. The number of aryl methyl sites for hydroxylation is 2. The van der Waals surface area contributed by atoms with Gasteiger partial charge in [-0.3, -0.25) is 10.1 Å². The molecule has 1 fully saturated rings. The molecule has 1 aliphatic heterocycles. The molecule has 23 heavy (non-hydrogen) atoms. The fourth-order valence-electron chi connectivity index (χ4n) is 2.82. The minimum atomic E-state index is -0.202. The molecule has 3 rings (SSSR count). The molecule has 0 unspecified atom stereocenters. The summed E-state index contributed by atoms with van der Waals surface area (Å²) in [6.07, 6.45) is 2.04. The van der Waals surface area contributed by atoms with Gasteiger partial charge in [0.1, 0.15) is 0 Å². The number of hydrogen-bond acceptors (Lipinski definition) is 4. The Balaban J connectivity index is 1.77. The van der Waals surface area contributed by atoms with Gasteiger partial charge in [0.15, 0.2) is 5.82 Å². The maximum absolute atomic E-state index is 12.4. The Morgan fingerprint density at radius 3 is 2.83 bits per heavy atom. The van der Waals surface area contributed by atoms with Crippen LogP contribution in [-0.4, -0.2) is 33.8 Å². The number of piperidine rings is 1. The zero-order valence-electron chi connectivity index (χ0n) is 13.3. The molecule has 0 radical (unpaired) electrons. The lowest BCUT2D eigenvalue weighted by Crippen LogP contribution is -2.27. The lowest BCUT2D eigenvalue weighted by atomic mass is 9.98. The lowest BCUT2D eigenvalue weighted by Gasteiger charge is -2.19. The summed E-state index contributed by atoms with van der Waals surface area (Å²) in [7, 11) is 1.79. The second-order valence-electron chi connectivity index (χ2n) is 5.85. The van der Waals surface area contributed by atoms with E-state index < -0.39 is 0 Å². The Morgan fingerprint density at radius 1 is 1.39 bits per heavy atom. The number of nitrogens with one attached hydrogen (secondary N) is 2. The number of nitrogens with zero attached hydrogens (tertiary/aromatic N) is 3. The highest BCUT2D eigenvalue weighted by atomic mass is 35.5. The summed E-state index contributed by atoms with van der Waals surface area (Å²) in [6.45, 7) is 3.82. The number of anilines is 1. The van der Waals surface area contributed by atoms with Crippen LogP contribution in [0.1, 0.15) is 40.5 Å². The molecule has 2 aromatic rings. The Hall–Kier alpha value is -1.92. The number of carbonyl (C=O) groups excluding carboxylic acids is 1. The van der Waals surface area contributed by atoms with E-state index in [9.17, 15) is 4.79 Å². The molecule has 0 atom stereocenters. The highest BCUT2D eigenvalue weighted by Crippen LogP contribution is 2.23. The smallest absolute Gasteiger partial charge is 0.258 e. The van der Waals surface area contributed by atoms with Gasteiger partial charge >= 0.3 is 0 Å². The topological polar surface area (TPSA) is 71.8 Å². The Bertz CT molecular complexity index is 721. The van der Waals surface area contributed by atoms with Crippen LogP contribution in [0.25, 0.3) is 0 Å². The average molecular weight is 334 g/mol. The SMILES string of the molecule is Cc1cc(Cl)ccc1C(=O)Nc1nc(C2CCNCC2)nn1C. The van der Waals surface area contributed by atoms with Gasteiger partial charge in [-0.15, -0.1) is 0 Å². The molecular formula is C16H20ClN5O. The predicted molar refractivity (Wildman–Crippen MR) is 90.0 cm³/mol. The van der Waals surface area contributed by atoms with Crippen LogP contribution in [0, 0.1) is 6.92 Å². The van der Waals surface area contributed by atoms with E-state index in [2.05, 4.69) is 20.7 Å². The minimum Gasteiger partial charge on any atom is -0.317 e. The van der Waals surface area contributed by atoms with Crippen LogP contribution in [0.15, 0.2) is 18.2 Å². The first-order chi connectivity index (χ1) is 11.0. The van der Waals surface area contributed by atoms with Gasteiger partial charge in [-0.25, -0.2) is 4.68 Å². The third-order valence-electron chi connectivity index (χ3n) is 4.14. The van der Waals surface area contributed by atoms with E-state index in [1.54, 1.807) is 29.9 Å². The predicted octanol–water partition coefficient (Wildman–Crippen LogP) is 2.50. The van der Waals surface area contributed by atoms with E-state index >= 15 is 0 Å². The molecule has 7 heteroatoms. The van der Waals surface area contributed by atoms with Crippen molar-refractivity contribution in [2.75, 3.05) is 18.4 Å². The fourth-order valence-corrected chi connectivity index (χ4v) is 3.04. The van der Waals surface area contributed by atoms with Gasteiger partial charge in [-0.05, 0) is 56.6 Å². The van der Waals surface area contributed by atoms with Gasteiger partial charge in [-0.2, -0.15) is 10.1 Å². The fraction of sp³-hybridized carbons (Fsp3) is 0.438. The third kappa shape index (κ3) is 3.54. The Labute approximate surface area is 140 Å². The average Bonchev–Trinajstić information content (AvgIpc) is 2.89. The molecule has 1 amide bonds. The van der Waals surface area contributed by atoms with Crippen molar-refractivity contribution >= 4 is 23.5 Å². The third-order valence-corrected chi connectivity index (χ3v) is 4.38. The molecule has 1 saturated heterocycles. The van der Waals surface area contributed by atoms with Crippen molar-refractivity contribution in [2.45, 2.75) is 25.7 Å². The molecule has 0 aliphatic carbocycles. The van der Waals surface area contributed by atoms with Gasteiger partial charge in [0.25, 0.3) is 5.91 Å². The summed E-state index contributed by atoms with van der Waals surface area (Å²) in [5, 5.41) is 11.2. The molecule has 1 aliphatic rings. The molecule has 2 N–H and O–H groups in total. The van der Waals surface area contributed by atoms with Gasteiger partial charge in [0, 0.05) is 23.6 Å². The molecule has 0 spiro atoms. The van der Waals surface area contributed by atoms with Crippen molar-refractivity contribution in [1.82, 2.24) is 20.1 Å². The highest BCUT2D eigenvalue weighted by molar-refractivity contribution is 6.30. The van der Waals surface area contributed by atoms with E-state index in [1.165, 1.54) is 0 Å². The van der Waals surface area contributed by atoms with Crippen LogP contribution >= 0.6 is 11.6 Å². The molecule has 6 nitrogen and oxygen atoms in total. The highest BCUT2D eigenvalue weighted by Gasteiger charge is 2.21. The zero-order valence-corrected chi connectivity index (χ0v) is 14.0. The number of benzene rings is 1. The van der Waals surface area contributed by atoms with E-state index in [4.69, 9.17) is 11.6 Å². The van der Waals surface area contributed by atoms with Crippen molar-refractivity contribution < 1.29 is 4.79 Å². The van der Waals surface area contributed by atoms with E-state index in [-0.39, 0.29) is 5.91 Å². The van der Waals surface area contributed by atoms with Gasteiger partial charge in [0.05, 0.1) is 0 Å². The van der Waals surface area contributed by atoms with Crippen LogP contribution in [0.3, 0.4) is 0 Å². The second-order valence-corrected chi connectivity index (χ2v) is 6.29. The monoisotopic (exact) mass is 333 g/mol. The molecule has 0 saturated carbocycles. The first-order valence-electron chi connectivity index (χ1n) is 7.74. The summed E-state index contributed by atoms with van der Waals surface area (Å²) >= 11 is 5.93. The standard InChI is InChI=1S/C16H20ClN5O/c1-10-9-12(17)3-4-13(10)15(23)20-16-19-14(21-22(16)2)11-5-7-18-8-6-11/h3-4,9,11,18H,5-8H2,1-2H3,(H,19,20,21,23). The molecule has 1 aromatic heterocycles. The normalized spacial score (nSPS) is 15.6. The van der Waals surface area contributed by atoms with Crippen molar-refractivity contribution in [2.24, 2.45) is 7.05 Å². The molecular weight excluding hydrogens is 314 g/mol. The number of aromatic nitrogens is 3. The largest absolute Gasteiger partial charge is 0.317 e. The summed E-state index contributed by atoms with van der Waals surface area (Å²) in [5.74, 6) is 1.42. The number of carbonyl (C=O) groups is 1. The van der Waals surface area contributed by atoms with Gasteiger partial charge in [-0.1, -0.05) is 11.6 Å². The van der Waals surface area contributed by atoms with Crippen LogP contribution in [0.5, 0.6) is 0 Å². The Morgan fingerprint density at radius 2 is 2.13 bits per heavy atom. The van der Waals surface area contributed by atoms with Crippen LogP contribution < -0.4 is 10.6 Å². The first-order valence-corrected chi connectivity index (χ1v) is 8.11. The van der Waals surface area contributed by atoms with Gasteiger partial charge in [0.2, 0.25) is 5.95 Å². The van der Waals surface area contributed by atoms with Gasteiger partial charge < -0.3 is 5.32 Å². The maximum atomic E-state index is 12.4. The van der Waals surface area contributed by atoms with Crippen LogP contribution in [0.2, 0.25) is 5.02 Å². The van der Waals surface area contributed by atoms with E-state index in [0.29, 0.717) is 22.5 Å². The lowest BCUT2D eigenvalue weighted by molar-refractivity contribution is 0.102. The number of halogens is 1. The quantitative estimate of drug-likeness (QED) is 0.905. The van der Waals surface area contributed by atoms with Crippen molar-refractivity contribution in [3.8, 4) is 0 Å². The molecule has 0 bridgehead atoms.